The molecule has 1 fully saturated rings. The van der Waals surface area contributed by atoms with Gasteiger partial charge >= 0.3 is 0 Å². The van der Waals surface area contributed by atoms with Gasteiger partial charge in [-0.2, -0.15) is 22.5 Å². The van der Waals surface area contributed by atoms with Crippen LogP contribution in [-0.2, 0) is 22.1 Å². The van der Waals surface area contributed by atoms with Gasteiger partial charge in [0.05, 0.1) is 11.7 Å². The zero-order valence-electron chi connectivity index (χ0n) is 14.6. The van der Waals surface area contributed by atoms with E-state index in [1.807, 2.05) is 6.92 Å². The summed E-state index contributed by atoms with van der Waals surface area (Å²) in [5.41, 5.74) is 2.04. The van der Waals surface area contributed by atoms with Crippen LogP contribution in [0.25, 0.3) is 0 Å². The third-order valence-corrected chi connectivity index (χ3v) is 6.26. The van der Waals surface area contributed by atoms with Crippen molar-refractivity contribution in [2.24, 2.45) is 7.05 Å². The van der Waals surface area contributed by atoms with E-state index in [2.05, 4.69) is 15.1 Å². The number of amides is 1. The van der Waals surface area contributed by atoms with Crippen molar-refractivity contribution in [1.29, 1.82) is 0 Å². The summed E-state index contributed by atoms with van der Waals surface area (Å²) < 4.78 is 30.3. The molecule has 1 amide bonds. The lowest BCUT2D eigenvalue weighted by molar-refractivity contribution is -0.120. The first-order valence-electron chi connectivity index (χ1n) is 7.99. The maximum Gasteiger partial charge on any atom is 0.280 e. The average molecular weight is 398 g/mol. The molecule has 26 heavy (non-hydrogen) atoms. The summed E-state index contributed by atoms with van der Waals surface area (Å²) in [5, 5.41) is 7.55. The summed E-state index contributed by atoms with van der Waals surface area (Å²) in [6.45, 7) is 1.81. The van der Waals surface area contributed by atoms with Crippen LogP contribution < -0.4 is 10.0 Å². The number of hydrogen-bond acceptors (Lipinski definition) is 4. The molecule has 1 aliphatic heterocycles. The fourth-order valence-corrected chi connectivity index (χ4v) is 4.42. The number of benzene rings is 1. The molecule has 0 radical (unpaired) electrons. The van der Waals surface area contributed by atoms with Crippen molar-refractivity contribution >= 4 is 33.4 Å². The molecule has 1 aromatic heterocycles. The first-order chi connectivity index (χ1) is 12.2. The summed E-state index contributed by atoms with van der Waals surface area (Å²) in [6, 6.07) is 5.27. The molecular weight excluding hydrogens is 378 g/mol. The van der Waals surface area contributed by atoms with Gasteiger partial charge in [-0.15, -0.1) is 0 Å². The number of aryl methyl sites for hydroxylation is 2. The molecule has 2 heterocycles. The van der Waals surface area contributed by atoms with Gasteiger partial charge in [0.1, 0.15) is 6.04 Å². The van der Waals surface area contributed by atoms with Crippen LogP contribution in [0.5, 0.6) is 0 Å². The van der Waals surface area contributed by atoms with Gasteiger partial charge in [-0.1, -0.05) is 11.6 Å². The van der Waals surface area contributed by atoms with E-state index in [-0.39, 0.29) is 0 Å². The first kappa shape index (κ1) is 18.8. The van der Waals surface area contributed by atoms with Gasteiger partial charge < -0.3 is 5.32 Å². The smallest absolute Gasteiger partial charge is 0.280 e. The SMILES string of the molecule is Cc1nn(C)cc1C1CC(C(=O)Nc2ccc(Cl)cc2)N(C)S(=O)(=O)N1. The molecule has 2 aromatic rings. The highest BCUT2D eigenvalue weighted by atomic mass is 35.5. The molecule has 0 bridgehead atoms. The molecule has 0 saturated carbocycles. The third kappa shape index (κ3) is 3.75. The molecule has 1 aliphatic rings. The molecule has 0 spiro atoms. The minimum absolute atomic E-state index is 0.293. The van der Waals surface area contributed by atoms with E-state index in [1.54, 1.807) is 42.2 Å². The van der Waals surface area contributed by atoms with E-state index in [0.717, 1.165) is 15.6 Å². The minimum Gasteiger partial charge on any atom is -0.325 e. The Morgan fingerprint density at radius 2 is 1.96 bits per heavy atom. The molecule has 140 valence electrons. The number of hydrogen-bond donors (Lipinski definition) is 2. The lowest BCUT2D eigenvalue weighted by Gasteiger charge is -2.36. The molecule has 2 atom stereocenters. The van der Waals surface area contributed by atoms with E-state index in [1.165, 1.54) is 7.05 Å². The highest BCUT2D eigenvalue weighted by molar-refractivity contribution is 7.87. The van der Waals surface area contributed by atoms with Crippen LogP contribution in [0.15, 0.2) is 30.5 Å². The van der Waals surface area contributed by atoms with Crippen LogP contribution in [0.3, 0.4) is 0 Å². The van der Waals surface area contributed by atoms with Crippen molar-refractivity contribution in [2.45, 2.75) is 25.4 Å². The summed E-state index contributed by atoms with van der Waals surface area (Å²) in [5.74, 6) is -0.397. The largest absolute Gasteiger partial charge is 0.325 e. The number of likely N-dealkylation sites (N-methyl/N-ethyl adjacent to an activating group) is 1. The Labute approximate surface area is 157 Å². The van der Waals surface area contributed by atoms with Crippen LogP contribution in [0, 0.1) is 6.92 Å². The highest BCUT2D eigenvalue weighted by Crippen LogP contribution is 2.29. The van der Waals surface area contributed by atoms with E-state index in [9.17, 15) is 13.2 Å². The fraction of sp³-hybridized carbons (Fsp3) is 0.375. The normalized spacial score (nSPS) is 22.9. The lowest BCUT2D eigenvalue weighted by atomic mass is 10.00. The number of anilines is 1. The third-order valence-electron chi connectivity index (χ3n) is 4.41. The zero-order chi connectivity index (χ0) is 19.1. The van der Waals surface area contributed by atoms with Crippen molar-refractivity contribution in [3.63, 3.8) is 0 Å². The molecule has 8 nitrogen and oxygen atoms in total. The van der Waals surface area contributed by atoms with Crippen molar-refractivity contribution in [3.8, 4) is 0 Å². The first-order valence-corrected chi connectivity index (χ1v) is 9.81. The molecule has 2 N–H and O–H groups in total. The summed E-state index contributed by atoms with van der Waals surface area (Å²) >= 11 is 5.84. The quantitative estimate of drug-likeness (QED) is 0.822. The number of halogens is 1. The van der Waals surface area contributed by atoms with Gasteiger partial charge in [0.25, 0.3) is 10.2 Å². The van der Waals surface area contributed by atoms with Gasteiger partial charge in [0.15, 0.2) is 0 Å². The van der Waals surface area contributed by atoms with E-state index in [0.29, 0.717) is 17.1 Å². The monoisotopic (exact) mass is 397 g/mol. The van der Waals surface area contributed by atoms with Crippen LogP contribution in [0.1, 0.15) is 23.7 Å². The Morgan fingerprint density at radius 1 is 1.31 bits per heavy atom. The predicted molar refractivity (Wildman–Crippen MR) is 99.0 cm³/mol. The average Bonchev–Trinajstić information content (AvgIpc) is 2.90. The second-order valence-corrected chi connectivity index (χ2v) is 8.48. The second kappa shape index (κ2) is 6.99. The summed E-state index contributed by atoms with van der Waals surface area (Å²) in [4.78, 5) is 12.7. The lowest BCUT2D eigenvalue weighted by Crippen LogP contribution is -2.56. The van der Waals surface area contributed by atoms with Gasteiger partial charge in [-0.3, -0.25) is 9.48 Å². The molecule has 10 heteroatoms. The Bertz CT molecular complexity index is 926. The molecule has 2 unspecified atom stereocenters. The Balaban J connectivity index is 1.85. The summed E-state index contributed by atoms with van der Waals surface area (Å²) in [6.07, 6.45) is 2.06. The number of nitrogens with one attached hydrogen (secondary N) is 2. The topological polar surface area (TPSA) is 96.3 Å². The van der Waals surface area contributed by atoms with Crippen molar-refractivity contribution < 1.29 is 13.2 Å². The molecule has 3 rings (SSSR count). The Hall–Kier alpha value is -1.94. The van der Waals surface area contributed by atoms with Crippen molar-refractivity contribution in [1.82, 2.24) is 18.8 Å². The second-order valence-electron chi connectivity index (χ2n) is 6.28. The molecular formula is C16H20ClN5O3S. The Kier molecular flexibility index (Phi) is 5.07. The van der Waals surface area contributed by atoms with E-state index >= 15 is 0 Å². The molecule has 1 aromatic carbocycles. The van der Waals surface area contributed by atoms with Gasteiger partial charge in [-0.05, 0) is 37.6 Å². The van der Waals surface area contributed by atoms with Gasteiger partial charge in [0.2, 0.25) is 5.91 Å². The van der Waals surface area contributed by atoms with Crippen LogP contribution in [-0.4, -0.2) is 41.5 Å². The van der Waals surface area contributed by atoms with Crippen LogP contribution in [0.2, 0.25) is 5.02 Å². The van der Waals surface area contributed by atoms with Crippen molar-refractivity contribution in [3.05, 3.63) is 46.7 Å². The fourth-order valence-electron chi connectivity index (χ4n) is 3.03. The number of carbonyl (C=O) groups excluding carboxylic acids is 1. The number of aromatic nitrogens is 2. The van der Waals surface area contributed by atoms with Crippen molar-refractivity contribution in [2.75, 3.05) is 12.4 Å². The maximum absolute atomic E-state index is 12.7. The Morgan fingerprint density at radius 3 is 2.54 bits per heavy atom. The standard InChI is InChI=1S/C16H20ClN5O3S/c1-10-13(9-21(2)19-10)14-8-15(22(3)26(24,25)20-14)16(23)18-12-6-4-11(17)5-7-12/h4-7,9,14-15,20H,8H2,1-3H3,(H,18,23). The number of carbonyl (C=O) groups is 1. The summed E-state index contributed by atoms with van der Waals surface area (Å²) in [7, 11) is -0.637. The number of nitrogens with zero attached hydrogens (tertiary/aromatic N) is 3. The number of rotatable bonds is 3. The van der Waals surface area contributed by atoms with Gasteiger partial charge in [0, 0.05) is 36.6 Å². The molecule has 0 aliphatic carbocycles. The van der Waals surface area contributed by atoms with E-state index < -0.39 is 28.2 Å². The predicted octanol–water partition coefficient (Wildman–Crippen LogP) is 1.60. The van der Waals surface area contributed by atoms with E-state index in [4.69, 9.17) is 11.6 Å². The molecule has 1 saturated heterocycles. The van der Waals surface area contributed by atoms with Crippen LogP contribution >= 0.6 is 11.6 Å². The van der Waals surface area contributed by atoms with Crippen LogP contribution in [0.4, 0.5) is 5.69 Å². The zero-order valence-corrected chi connectivity index (χ0v) is 16.2. The highest BCUT2D eigenvalue weighted by Gasteiger charge is 2.41. The van der Waals surface area contributed by atoms with Gasteiger partial charge in [-0.25, -0.2) is 0 Å². The minimum atomic E-state index is -3.80. The maximum atomic E-state index is 12.7.